The van der Waals surface area contributed by atoms with Crippen LogP contribution in [0.1, 0.15) is 30.6 Å². The number of ketones is 1. The van der Waals surface area contributed by atoms with Gasteiger partial charge in [-0.15, -0.1) is 0 Å². The first kappa shape index (κ1) is 18.1. The molecule has 134 valence electrons. The van der Waals surface area contributed by atoms with E-state index in [2.05, 4.69) is 17.9 Å². The number of Topliss-reactive ketones (excluding diaryl/α,β-unsaturated/α-hetero) is 1. The van der Waals surface area contributed by atoms with Crippen LogP contribution < -0.4 is 0 Å². The molecule has 2 fully saturated rings. The van der Waals surface area contributed by atoms with Crippen LogP contribution in [0, 0.1) is 22.7 Å². The lowest BCUT2D eigenvalue weighted by Gasteiger charge is -2.35. The van der Waals surface area contributed by atoms with Gasteiger partial charge in [-0.05, 0) is 31.4 Å². The predicted molar refractivity (Wildman–Crippen MR) is 93.5 cm³/mol. The number of benzene rings is 1. The van der Waals surface area contributed by atoms with E-state index in [4.69, 9.17) is 0 Å². The van der Waals surface area contributed by atoms with E-state index in [0.717, 1.165) is 13.0 Å². The Morgan fingerprint density at radius 1 is 1.24 bits per heavy atom. The molecule has 6 nitrogen and oxygen atoms in total. The minimum Gasteiger partial charge on any atom is -0.299 e. The average molecular weight is 361 g/mol. The predicted octanol–water partition coefficient (Wildman–Crippen LogP) is 1.75. The molecule has 2 atom stereocenters. The molecule has 1 aliphatic heterocycles. The molecule has 0 N–H and O–H groups in total. The van der Waals surface area contributed by atoms with Crippen molar-refractivity contribution in [3.05, 3.63) is 29.8 Å². The molecule has 25 heavy (non-hydrogen) atoms. The van der Waals surface area contributed by atoms with Crippen molar-refractivity contribution in [2.45, 2.75) is 25.2 Å². The maximum atomic E-state index is 12.8. The summed E-state index contributed by atoms with van der Waals surface area (Å²) >= 11 is 0. The van der Waals surface area contributed by atoms with Gasteiger partial charge < -0.3 is 0 Å². The molecule has 7 heteroatoms. The summed E-state index contributed by atoms with van der Waals surface area (Å²) in [4.78, 5) is 13.7. The molecule has 0 aromatic heterocycles. The van der Waals surface area contributed by atoms with Gasteiger partial charge in [0.25, 0.3) is 0 Å². The van der Waals surface area contributed by atoms with E-state index in [1.54, 1.807) is 12.1 Å². The zero-order valence-corrected chi connectivity index (χ0v) is 15.4. The van der Waals surface area contributed by atoms with Gasteiger partial charge in [-0.1, -0.05) is 19.1 Å². The van der Waals surface area contributed by atoms with Crippen molar-refractivity contribution in [1.82, 2.24) is 9.21 Å². The fraction of sp³-hybridized carbons (Fsp3) is 0.556. The van der Waals surface area contributed by atoms with Crippen molar-refractivity contribution in [2.24, 2.45) is 11.3 Å². The highest BCUT2D eigenvalue weighted by Gasteiger charge is 2.52. The van der Waals surface area contributed by atoms with E-state index in [9.17, 15) is 18.5 Å². The maximum Gasteiger partial charge on any atom is 0.243 e. The van der Waals surface area contributed by atoms with Crippen LogP contribution in [0.15, 0.2) is 29.2 Å². The molecule has 0 amide bonds. The second-order valence-electron chi connectivity index (χ2n) is 7.13. The Bertz CT molecular complexity index is 805. The Morgan fingerprint density at radius 3 is 2.24 bits per heavy atom. The Labute approximate surface area is 149 Å². The molecule has 1 saturated heterocycles. The third-order valence-corrected chi connectivity index (χ3v) is 7.32. The van der Waals surface area contributed by atoms with Crippen LogP contribution in [0.25, 0.3) is 0 Å². The standard InChI is InChI=1S/C18H23N3O3S/c1-14-11-18(14,12-19)13-20-7-9-21(10-8-20)25(23,24)17-5-3-16(4-6-17)15(2)22/h3-6,14H,7-11,13H2,1-2H3/t14-,18?/m1/s1. The summed E-state index contributed by atoms with van der Waals surface area (Å²) in [6, 6.07) is 8.52. The van der Waals surface area contributed by atoms with Crippen molar-refractivity contribution in [1.29, 1.82) is 5.26 Å². The lowest BCUT2D eigenvalue weighted by atomic mass is 10.1. The topological polar surface area (TPSA) is 81.5 Å². The van der Waals surface area contributed by atoms with Gasteiger partial charge in [0.2, 0.25) is 10.0 Å². The van der Waals surface area contributed by atoms with E-state index < -0.39 is 10.0 Å². The molecule has 1 aliphatic carbocycles. The van der Waals surface area contributed by atoms with E-state index in [-0.39, 0.29) is 16.1 Å². The highest BCUT2D eigenvalue weighted by Crippen LogP contribution is 2.52. The molecule has 1 aromatic carbocycles. The third-order valence-electron chi connectivity index (χ3n) is 5.41. The van der Waals surface area contributed by atoms with Gasteiger partial charge in [0.15, 0.2) is 5.78 Å². The van der Waals surface area contributed by atoms with Crippen LogP contribution in [0.4, 0.5) is 0 Å². The highest BCUT2D eigenvalue weighted by molar-refractivity contribution is 7.89. The number of carbonyl (C=O) groups excluding carboxylic acids is 1. The van der Waals surface area contributed by atoms with Crippen molar-refractivity contribution in [3.8, 4) is 6.07 Å². The lowest BCUT2D eigenvalue weighted by Crippen LogP contribution is -2.50. The van der Waals surface area contributed by atoms with Crippen LogP contribution in [-0.2, 0) is 10.0 Å². The summed E-state index contributed by atoms with van der Waals surface area (Å²) in [5.41, 5.74) is 0.271. The average Bonchev–Trinajstić information content (AvgIpc) is 3.25. The first-order valence-corrected chi connectivity index (χ1v) is 9.97. The fourth-order valence-electron chi connectivity index (χ4n) is 3.44. The van der Waals surface area contributed by atoms with Crippen LogP contribution in [0.3, 0.4) is 0 Å². The van der Waals surface area contributed by atoms with E-state index in [1.165, 1.54) is 23.4 Å². The van der Waals surface area contributed by atoms with Gasteiger partial charge in [-0.2, -0.15) is 9.57 Å². The summed E-state index contributed by atoms with van der Waals surface area (Å²) in [7, 11) is -3.54. The van der Waals surface area contributed by atoms with Gasteiger partial charge in [0.1, 0.15) is 0 Å². The first-order chi connectivity index (χ1) is 11.8. The van der Waals surface area contributed by atoms with Crippen molar-refractivity contribution >= 4 is 15.8 Å². The van der Waals surface area contributed by atoms with Gasteiger partial charge in [0, 0.05) is 38.3 Å². The summed E-state index contributed by atoms with van der Waals surface area (Å²) in [6.45, 7) is 6.40. The molecular formula is C18H23N3O3S. The third kappa shape index (κ3) is 3.47. The zero-order valence-electron chi connectivity index (χ0n) is 14.6. The van der Waals surface area contributed by atoms with Crippen molar-refractivity contribution in [3.63, 3.8) is 0 Å². The molecule has 1 unspecified atom stereocenters. The second kappa shape index (κ2) is 6.52. The number of piperazine rings is 1. The van der Waals surface area contributed by atoms with E-state index in [0.29, 0.717) is 37.7 Å². The molecule has 1 aromatic rings. The lowest BCUT2D eigenvalue weighted by molar-refractivity contribution is 0.101. The normalized spacial score (nSPS) is 27.6. The molecule has 1 heterocycles. The quantitative estimate of drug-likeness (QED) is 0.746. The molecular weight excluding hydrogens is 338 g/mol. The molecule has 1 saturated carbocycles. The Morgan fingerprint density at radius 2 is 1.80 bits per heavy atom. The summed E-state index contributed by atoms with van der Waals surface area (Å²) < 4.78 is 27.0. The summed E-state index contributed by atoms with van der Waals surface area (Å²) in [6.07, 6.45) is 0.935. The van der Waals surface area contributed by atoms with Crippen LogP contribution >= 0.6 is 0 Å². The minimum absolute atomic E-state index is 0.0849. The number of sulfonamides is 1. The minimum atomic E-state index is -3.54. The number of hydrogen-bond donors (Lipinski definition) is 0. The number of carbonyl (C=O) groups is 1. The van der Waals surface area contributed by atoms with Crippen molar-refractivity contribution < 1.29 is 13.2 Å². The fourth-order valence-corrected chi connectivity index (χ4v) is 4.86. The number of rotatable bonds is 5. The second-order valence-corrected chi connectivity index (χ2v) is 9.07. The summed E-state index contributed by atoms with van der Waals surface area (Å²) in [5.74, 6) is 0.345. The van der Waals surface area contributed by atoms with Gasteiger partial charge in [-0.3, -0.25) is 9.69 Å². The first-order valence-electron chi connectivity index (χ1n) is 8.53. The Hall–Kier alpha value is -1.75. The molecule has 0 spiro atoms. The molecule has 0 radical (unpaired) electrons. The van der Waals surface area contributed by atoms with E-state index >= 15 is 0 Å². The zero-order chi connectivity index (χ0) is 18.2. The highest BCUT2D eigenvalue weighted by atomic mass is 32.2. The SMILES string of the molecule is CC(=O)c1ccc(S(=O)(=O)N2CCN(CC3(C#N)C[C@H]3C)CC2)cc1. The Balaban J connectivity index is 1.63. The van der Waals surface area contributed by atoms with Gasteiger partial charge in [0.05, 0.1) is 16.4 Å². The molecule has 2 aliphatic rings. The van der Waals surface area contributed by atoms with Crippen LogP contribution in [-0.4, -0.2) is 56.1 Å². The van der Waals surface area contributed by atoms with E-state index in [1.807, 2.05) is 0 Å². The number of nitriles is 1. The van der Waals surface area contributed by atoms with Gasteiger partial charge in [-0.25, -0.2) is 8.42 Å². The molecule has 3 rings (SSSR count). The van der Waals surface area contributed by atoms with Crippen LogP contribution in [0.5, 0.6) is 0 Å². The smallest absolute Gasteiger partial charge is 0.243 e. The Kier molecular flexibility index (Phi) is 4.71. The number of hydrogen-bond acceptors (Lipinski definition) is 5. The van der Waals surface area contributed by atoms with Gasteiger partial charge >= 0.3 is 0 Å². The van der Waals surface area contributed by atoms with Crippen LogP contribution in [0.2, 0.25) is 0 Å². The largest absolute Gasteiger partial charge is 0.299 e. The maximum absolute atomic E-state index is 12.8. The molecule has 0 bridgehead atoms. The summed E-state index contributed by atoms with van der Waals surface area (Å²) in [5, 5.41) is 9.34. The monoisotopic (exact) mass is 361 g/mol. The van der Waals surface area contributed by atoms with Crippen molar-refractivity contribution in [2.75, 3.05) is 32.7 Å². The number of nitrogens with zero attached hydrogens (tertiary/aromatic N) is 3.